The first-order chi connectivity index (χ1) is 12.7. The number of amides is 1. The van der Waals surface area contributed by atoms with Crippen molar-refractivity contribution >= 4 is 22.8 Å². The Labute approximate surface area is 150 Å². The number of nitrogens with zero attached hydrogens (tertiary/aromatic N) is 1. The Bertz CT molecular complexity index is 1000. The highest BCUT2D eigenvalue weighted by Gasteiger charge is 2.11. The number of anilines is 1. The lowest BCUT2D eigenvalue weighted by Gasteiger charge is -2.17. The summed E-state index contributed by atoms with van der Waals surface area (Å²) in [4.78, 5) is 33.4. The zero-order valence-electron chi connectivity index (χ0n) is 14.4. The smallest absolute Gasteiger partial charge is 0.323 e. The largest absolute Gasteiger partial charge is 0.370 e. The highest BCUT2D eigenvalue weighted by molar-refractivity contribution is 5.77. The van der Waals surface area contributed by atoms with E-state index in [1.165, 1.54) is 5.56 Å². The molecule has 0 saturated heterocycles. The molecule has 3 heterocycles. The van der Waals surface area contributed by atoms with Crippen molar-refractivity contribution in [2.45, 2.75) is 32.2 Å². The van der Waals surface area contributed by atoms with Gasteiger partial charge < -0.3 is 20.6 Å². The summed E-state index contributed by atoms with van der Waals surface area (Å²) in [7, 11) is 0. The zero-order chi connectivity index (χ0) is 17.9. The van der Waals surface area contributed by atoms with Crippen LogP contribution in [0.15, 0.2) is 35.1 Å². The van der Waals surface area contributed by atoms with E-state index in [1.54, 1.807) is 0 Å². The van der Waals surface area contributed by atoms with Crippen LogP contribution in [0.3, 0.4) is 0 Å². The van der Waals surface area contributed by atoms with Gasteiger partial charge in [-0.15, -0.1) is 0 Å². The minimum absolute atomic E-state index is 0.0138. The molecule has 3 aromatic rings. The van der Waals surface area contributed by atoms with Crippen LogP contribution in [-0.2, 0) is 24.2 Å². The van der Waals surface area contributed by atoms with E-state index < -0.39 is 0 Å². The fraction of sp³-hybridized carbons (Fsp3) is 0.316. The van der Waals surface area contributed by atoms with Gasteiger partial charge in [0.2, 0.25) is 5.91 Å². The highest BCUT2D eigenvalue weighted by Crippen LogP contribution is 2.20. The van der Waals surface area contributed by atoms with Crippen LogP contribution in [0.5, 0.6) is 0 Å². The molecule has 7 heteroatoms. The Morgan fingerprint density at radius 3 is 2.96 bits per heavy atom. The molecule has 1 amide bonds. The number of rotatable bonds is 5. The Morgan fingerprint density at radius 2 is 2.04 bits per heavy atom. The first-order valence-corrected chi connectivity index (χ1v) is 8.88. The molecule has 0 radical (unpaired) electrons. The van der Waals surface area contributed by atoms with Crippen molar-refractivity contribution in [2.75, 3.05) is 11.9 Å². The van der Waals surface area contributed by atoms with Crippen LogP contribution in [0.25, 0.3) is 11.0 Å². The van der Waals surface area contributed by atoms with E-state index in [-0.39, 0.29) is 11.6 Å². The fourth-order valence-electron chi connectivity index (χ4n) is 3.23. The third-order valence-corrected chi connectivity index (χ3v) is 4.63. The summed E-state index contributed by atoms with van der Waals surface area (Å²) in [5.74, 6) is 0.947. The number of carbonyl (C=O) groups excluding carboxylic acids is 1. The van der Waals surface area contributed by atoms with Gasteiger partial charge in [-0.2, -0.15) is 0 Å². The van der Waals surface area contributed by atoms with Gasteiger partial charge in [0.1, 0.15) is 5.82 Å². The number of imidazole rings is 1. The van der Waals surface area contributed by atoms with Crippen LogP contribution in [0.4, 0.5) is 5.82 Å². The average Bonchev–Trinajstić information content (AvgIpc) is 3.03. The number of hydrogen-bond acceptors (Lipinski definition) is 4. The Balaban J connectivity index is 1.31. The van der Waals surface area contributed by atoms with Crippen LogP contribution in [0, 0.1) is 0 Å². The van der Waals surface area contributed by atoms with Gasteiger partial charge >= 0.3 is 5.69 Å². The number of fused-ring (bicyclic) bond motifs is 2. The van der Waals surface area contributed by atoms with Gasteiger partial charge in [0.15, 0.2) is 0 Å². The van der Waals surface area contributed by atoms with Gasteiger partial charge in [0.25, 0.3) is 0 Å². The second-order valence-corrected chi connectivity index (χ2v) is 6.58. The minimum atomic E-state index is -0.228. The third-order valence-electron chi connectivity index (χ3n) is 4.63. The molecule has 1 aromatic carbocycles. The normalized spacial score (nSPS) is 13.2. The number of aryl methyl sites for hydroxylation is 2. The number of aromatic nitrogens is 3. The second-order valence-electron chi connectivity index (χ2n) is 6.58. The summed E-state index contributed by atoms with van der Waals surface area (Å²) in [6.07, 6.45) is 3.21. The molecule has 0 saturated carbocycles. The first kappa shape index (κ1) is 16.4. The minimum Gasteiger partial charge on any atom is -0.370 e. The lowest BCUT2D eigenvalue weighted by molar-refractivity contribution is -0.121. The molecule has 0 bridgehead atoms. The number of hydrogen-bond donors (Lipinski definition) is 4. The van der Waals surface area contributed by atoms with Crippen molar-refractivity contribution in [3.63, 3.8) is 0 Å². The molecule has 134 valence electrons. The van der Waals surface area contributed by atoms with Gasteiger partial charge in [-0.3, -0.25) is 4.79 Å². The third kappa shape index (κ3) is 3.61. The fourth-order valence-corrected chi connectivity index (χ4v) is 3.23. The maximum Gasteiger partial charge on any atom is 0.323 e. The number of aromatic amines is 2. The lowest BCUT2D eigenvalue weighted by Crippen LogP contribution is -2.23. The Morgan fingerprint density at radius 1 is 1.15 bits per heavy atom. The molecule has 0 atom stereocenters. The predicted octanol–water partition coefficient (Wildman–Crippen LogP) is 1.86. The van der Waals surface area contributed by atoms with Crippen molar-refractivity contribution in [3.8, 4) is 0 Å². The van der Waals surface area contributed by atoms with Crippen molar-refractivity contribution in [3.05, 3.63) is 57.6 Å². The molecule has 26 heavy (non-hydrogen) atoms. The van der Waals surface area contributed by atoms with Crippen molar-refractivity contribution in [2.24, 2.45) is 0 Å². The second kappa shape index (κ2) is 7.03. The molecule has 1 aliphatic heterocycles. The number of carbonyl (C=O) groups is 1. The van der Waals surface area contributed by atoms with E-state index in [9.17, 15) is 9.59 Å². The molecule has 4 N–H and O–H groups in total. The van der Waals surface area contributed by atoms with Gasteiger partial charge in [-0.1, -0.05) is 12.1 Å². The van der Waals surface area contributed by atoms with Gasteiger partial charge in [-0.05, 0) is 48.6 Å². The van der Waals surface area contributed by atoms with E-state index in [4.69, 9.17) is 0 Å². The first-order valence-electron chi connectivity index (χ1n) is 8.88. The molecule has 2 aromatic heterocycles. The Kier molecular flexibility index (Phi) is 4.43. The van der Waals surface area contributed by atoms with Gasteiger partial charge in [-0.25, -0.2) is 9.78 Å². The van der Waals surface area contributed by atoms with Crippen LogP contribution in [-0.4, -0.2) is 27.4 Å². The summed E-state index contributed by atoms with van der Waals surface area (Å²) >= 11 is 0. The van der Waals surface area contributed by atoms with Crippen molar-refractivity contribution in [1.82, 2.24) is 20.3 Å². The standard InChI is InChI=1S/C19H21N5O2/c25-17(8-6-14-5-4-13-2-1-9-20-18(13)22-14)21-11-12-3-7-15-16(10-12)24-19(26)23-15/h3-5,7,10H,1-2,6,8-9,11H2,(H,20,22)(H,21,25)(H2,23,24,26). The van der Waals surface area contributed by atoms with Gasteiger partial charge in [0, 0.05) is 25.2 Å². The molecule has 0 aliphatic carbocycles. The monoisotopic (exact) mass is 351 g/mol. The van der Waals surface area contributed by atoms with Crippen LogP contribution in [0.2, 0.25) is 0 Å². The van der Waals surface area contributed by atoms with E-state index in [2.05, 4.69) is 31.7 Å². The quantitative estimate of drug-likeness (QED) is 0.563. The molecule has 7 nitrogen and oxygen atoms in total. The molecule has 4 rings (SSSR count). The molecule has 0 spiro atoms. The van der Waals surface area contributed by atoms with Crippen LogP contribution < -0.4 is 16.3 Å². The number of pyridine rings is 1. The maximum atomic E-state index is 12.1. The average molecular weight is 351 g/mol. The zero-order valence-corrected chi connectivity index (χ0v) is 14.4. The number of H-pyrrole nitrogens is 2. The maximum absolute atomic E-state index is 12.1. The number of nitrogens with one attached hydrogen (secondary N) is 4. The molecular formula is C19H21N5O2. The summed E-state index contributed by atoms with van der Waals surface area (Å²) in [6, 6.07) is 9.70. The SMILES string of the molecule is O=C(CCc1ccc2c(n1)NCCC2)NCc1ccc2[nH]c(=O)[nH]c2c1. The predicted molar refractivity (Wildman–Crippen MR) is 100 cm³/mol. The van der Waals surface area contributed by atoms with Crippen molar-refractivity contribution in [1.29, 1.82) is 0 Å². The van der Waals surface area contributed by atoms with E-state index in [0.29, 0.717) is 19.4 Å². The van der Waals surface area contributed by atoms with Crippen molar-refractivity contribution < 1.29 is 4.79 Å². The summed E-state index contributed by atoms with van der Waals surface area (Å²) < 4.78 is 0. The Hall–Kier alpha value is -3.09. The lowest BCUT2D eigenvalue weighted by atomic mass is 10.1. The molecule has 1 aliphatic rings. The summed E-state index contributed by atoms with van der Waals surface area (Å²) in [5.41, 5.74) is 4.40. The molecular weight excluding hydrogens is 330 g/mol. The van der Waals surface area contributed by atoms with Crippen LogP contribution in [0.1, 0.15) is 29.7 Å². The highest BCUT2D eigenvalue weighted by atomic mass is 16.1. The molecule has 0 fully saturated rings. The van der Waals surface area contributed by atoms with E-state index >= 15 is 0 Å². The molecule has 0 unspecified atom stereocenters. The topological polar surface area (TPSA) is 103 Å². The van der Waals surface area contributed by atoms with Crippen LogP contribution >= 0.6 is 0 Å². The van der Waals surface area contributed by atoms with Gasteiger partial charge in [0.05, 0.1) is 11.0 Å². The number of benzene rings is 1. The van der Waals surface area contributed by atoms with E-state index in [1.807, 2.05) is 24.3 Å². The summed E-state index contributed by atoms with van der Waals surface area (Å²) in [6.45, 7) is 1.39. The summed E-state index contributed by atoms with van der Waals surface area (Å²) in [5, 5.41) is 6.23. The van der Waals surface area contributed by atoms with E-state index in [0.717, 1.165) is 47.5 Å².